The lowest BCUT2D eigenvalue weighted by Crippen LogP contribution is -2.39. The quantitative estimate of drug-likeness (QED) is 0.810. The number of nitrogens with one attached hydrogen (secondary N) is 2. The Hall–Kier alpha value is -1.20. The van der Waals surface area contributed by atoms with Crippen molar-refractivity contribution in [3.63, 3.8) is 0 Å². The molecule has 20 heavy (non-hydrogen) atoms. The molecule has 0 aliphatic rings. The molecule has 5 heteroatoms. The highest BCUT2D eigenvalue weighted by Gasteiger charge is 2.13. The van der Waals surface area contributed by atoms with Crippen molar-refractivity contribution in [3.8, 4) is 0 Å². The molecule has 1 aromatic rings. The van der Waals surface area contributed by atoms with Crippen LogP contribution in [0.15, 0.2) is 24.3 Å². The Morgan fingerprint density at radius 3 is 2.40 bits per heavy atom. The molecule has 0 radical (unpaired) electrons. The molecule has 1 aromatic carbocycles. The van der Waals surface area contributed by atoms with E-state index in [1.807, 2.05) is 45.0 Å². The summed E-state index contributed by atoms with van der Waals surface area (Å²) in [7, 11) is -0.810. The van der Waals surface area contributed by atoms with Crippen LogP contribution in [0.3, 0.4) is 0 Å². The topological polar surface area (TPSA) is 58.2 Å². The summed E-state index contributed by atoms with van der Waals surface area (Å²) in [6.07, 6.45) is 2.50. The maximum atomic E-state index is 12.0. The van der Waals surface area contributed by atoms with Crippen LogP contribution in [0.25, 0.3) is 0 Å². The Balaban J connectivity index is 2.35. The monoisotopic (exact) mass is 296 g/mol. The summed E-state index contributed by atoms with van der Waals surface area (Å²) in [6, 6.07) is 7.44. The van der Waals surface area contributed by atoms with E-state index in [0.29, 0.717) is 6.54 Å². The molecule has 4 nitrogen and oxygen atoms in total. The molecule has 112 valence electrons. The minimum atomic E-state index is -0.810. The fourth-order valence-electron chi connectivity index (χ4n) is 1.65. The van der Waals surface area contributed by atoms with Crippen molar-refractivity contribution in [2.45, 2.75) is 38.5 Å². The van der Waals surface area contributed by atoms with Gasteiger partial charge in [-0.2, -0.15) is 0 Å². The van der Waals surface area contributed by atoms with Gasteiger partial charge in [-0.1, -0.05) is 24.6 Å². The third kappa shape index (κ3) is 5.84. The number of anilines is 1. The van der Waals surface area contributed by atoms with Crippen LogP contribution in [0.1, 0.15) is 25.8 Å². The molecule has 0 aliphatic heterocycles. The second-order valence-corrected chi connectivity index (χ2v) is 6.93. The molecule has 2 N–H and O–H groups in total. The van der Waals surface area contributed by atoms with Gasteiger partial charge in [0.15, 0.2) is 0 Å². The number of carbonyl (C=O) groups excluding carboxylic acids is 1. The fraction of sp³-hybridized carbons (Fsp3) is 0.533. The third-order valence-electron chi connectivity index (χ3n) is 3.28. The molecule has 0 heterocycles. The molecule has 0 saturated heterocycles. The van der Waals surface area contributed by atoms with Gasteiger partial charge in [0.05, 0.1) is 6.04 Å². The Kier molecular flexibility index (Phi) is 6.88. The van der Waals surface area contributed by atoms with E-state index in [1.54, 1.807) is 6.26 Å². The van der Waals surface area contributed by atoms with Crippen molar-refractivity contribution in [1.29, 1.82) is 0 Å². The van der Waals surface area contributed by atoms with Crippen molar-refractivity contribution >= 4 is 22.4 Å². The highest BCUT2D eigenvalue weighted by atomic mass is 32.2. The van der Waals surface area contributed by atoms with Crippen LogP contribution in [0.4, 0.5) is 5.69 Å². The number of hydrogen-bond acceptors (Lipinski definition) is 3. The molecule has 3 atom stereocenters. The largest absolute Gasteiger partial charge is 0.325 e. The van der Waals surface area contributed by atoms with E-state index in [2.05, 4.69) is 10.6 Å². The molecule has 1 amide bonds. The van der Waals surface area contributed by atoms with Gasteiger partial charge in [0.2, 0.25) is 5.91 Å². The number of aryl methyl sites for hydroxylation is 1. The summed E-state index contributed by atoms with van der Waals surface area (Å²) < 4.78 is 11.2. The Bertz CT molecular complexity index is 459. The first-order valence-electron chi connectivity index (χ1n) is 6.83. The fourth-order valence-corrected chi connectivity index (χ4v) is 2.10. The van der Waals surface area contributed by atoms with Gasteiger partial charge in [0.25, 0.3) is 0 Å². The van der Waals surface area contributed by atoms with Gasteiger partial charge in [0.1, 0.15) is 0 Å². The van der Waals surface area contributed by atoms with Crippen molar-refractivity contribution in [3.05, 3.63) is 29.8 Å². The second-order valence-electron chi connectivity index (χ2n) is 5.13. The summed E-state index contributed by atoms with van der Waals surface area (Å²) in [5.41, 5.74) is 1.97. The predicted octanol–water partition coefficient (Wildman–Crippen LogP) is 2.07. The number of rotatable bonds is 7. The molecule has 3 unspecified atom stereocenters. The number of hydrogen-bond donors (Lipinski definition) is 2. The normalized spacial score (nSPS) is 15.4. The summed E-state index contributed by atoms with van der Waals surface area (Å²) >= 11 is 0. The molecular weight excluding hydrogens is 272 g/mol. The van der Waals surface area contributed by atoms with Gasteiger partial charge < -0.3 is 10.6 Å². The van der Waals surface area contributed by atoms with Crippen molar-refractivity contribution in [2.24, 2.45) is 0 Å². The standard InChI is InChI=1S/C15H24N2O2S/c1-11-5-7-14(8-6-11)17-15(18)13(3)16-10-9-12(2)20(4)19/h5-8,12-13,16H,9-10H2,1-4H3,(H,17,18). The summed E-state index contributed by atoms with van der Waals surface area (Å²) in [5.74, 6) is -0.0564. The van der Waals surface area contributed by atoms with E-state index < -0.39 is 10.8 Å². The van der Waals surface area contributed by atoms with E-state index >= 15 is 0 Å². The van der Waals surface area contributed by atoms with E-state index in [0.717, 1.165) is 17.7 Å². The number of amides is 1. The molecule has 0 bridgehead atoms. The lowest BCUT2D eigenvalue weighted by atomic mass is 10.2. The first kappa shape index (κ1) is 16.9. The van der Waals surface area contributed by atoms with Crippen LogP contribution < -0.4 is 10.6 Å². The maximum Gasteiger partial charge on any atom is 0.241 e. The first-order valence-corrected chi connectivity index (χ1v) is 8.45. The second kappa shape index (κ2) is 8.17. The SMILES string of the molecule is Cc1ccc(NC(=O)C(C)NCCC(C)S(C)=O)cc1. The van der Waals surface area contributed by atoms with Crippen LogP contribution >= 0.6 is 0 Å². The molecule has 0 aromatic heterocycles. The maximum absolute atomic E-state index is 12.0. The smallest absolute Gasteiger partial charge is 0.241 e. The van der Waals surface area contributed by atoms with Gasteiger partial charge in [0, 0.05) is 28.0 Å². The average molecular weight is 296 g/mol. The minimum Gasteiger partial charge on any atom is -0.325 e. The van der Waals surface area contributed by atoms with Crippen LogP contribution in [0.2, 0.25) is 0 Å². The molecular formula is C15H24N2O2S. The first-order chi connectivity index (χ1) is 9.40. The predicted molar refractivity (Wildman–Crippen MR) is 85.4 cm³/mol. The van der Waals surface area contributed by atoms with E-state index in [-0.39, 0.29) is 17.2 Å². The van der Waals surface area contributed by atoms with Gasteiger partial charge in [-0.15, -0.1) is 0 Å². The van der Waals surface area contributed by atoms with Gasteiger partial charge >= 0.3 is 0 Å². The zero-order valence-electron chi connectivity index (χ0n) is 12.6. The van der Waals surface area contributed by atoms with Gasteiger partial charge in [-0.3, -0.25) is 9.00 Å². The highest BCUT2D eigenvalue weighted by Crippen LogP contribution is 2.08. The molecule has 1 rings (SSSR count). The Labute approximate surface area is 123 Å². The Morgan fingerprint density at radius 2 is 1.85 bits per heavy atom. The van der Waals surface area contributed by atoms with Crippen molar-refractivity contribution < 1.29 is 9.00 Å². The van der Waals surface area contributed by atoms with Crippen LogP contribution in [-0.2, 0) is 15.6 Å². The molecule has 0 spiro atoms. The van der Waals surface area contributed by atoms with E-state index in [4.69, 9.17) is 0 Å². The zero-order valence-corrected chi connectivity index (χ0v) is 13.4. The number of carbonyl (C=O) groups is 1. The molecule has 0 fully saturated rings. The van der Waals surface area contributed by atoms with Crippen LogP contribution in [-0.4, -0.2) is 34.2 Å². The van der Waals surface area contributed by atoms with Gasteiger partial charge in [-0.05, 0) is 38.9 Å². The summed E-state index contributed by atoms with van der Waals surface area (Å²) in [5, 5.41) is 6.17. The average Bonchev–Trinajstić information content (AvgIpc) is 2.40. The van der Waals surface area contributed by atoms with E-state index in [9.17, 15) is 9.00 Å². The summed E-state index contributed by atoms with van der Waals surface area (Å²) in [6.45, 7) is 6.48. The lowest BCUT2D eigenvalue weighted by molar-refractivity contribution is -0.117. The van der Waals surface area contributed by atoms with E-state index in [1.165, 1.54) is 0 Å². The van der Waals surface area contributed by atoms with Gasteiger partial charge in [-0.25, -0.2) is 0 Å². The van der Waals surface area contributed by atoms with Crippen molar-refractivity contribution in [2.75, 3.05) is 18.1 Å². The molecule has 0 aliphatic carbocycles. The third-order valence-corrected chi connectivity index (χ3v) is 4.65. The highest BCUT2D eigenvalue weighted by molar-refractivity contribution is 7.84. The minimum absolute atomic E-state index is 0.0564. The van der Waals surface area contributed by atoms with Crippen molar-refractivity contribution in [1.82, 2.24) is 5.32 Å². The lowest BCUT2D eigenvalue weighted by Gasteiger charge is -2.15. The van der Waals surface area contributed by atoms with Crippen LogP contribution in [0.5, 0.6) is 0 Å². The Morgan fingerprint density at radius 1 is 1.25 bits per heavy atom. The molecule has 0 saturated carbocycles. The van der Waals surface area contributed by atoms with Crippen LogP contribution in [0, 0.1) is 6.92 Å². The number of benzene rings is 1. The zero-order chi connectivity index (χ0) is 15.1. The summed E-state index contributed by atoms with van der Waals surface area (Å²) in [4.78, 5) is 12.0.